The predicted molar refractivity (Wildman–Crippen MR) is 121 cm³/mol. The molecule has 0 bridgehead atoms. The van der Waals surface area contributed by atoms with Gasteiger partial charge in [0.15, 0.2) is 0 Å². The van der Waals surface area contributed by atoms with Crippen molar-refractivity contribution in [2.45, 2.75) is 4.90 Å². The van der Waals surface area contributed by atoms with Crippen LogP contribution in [0.2, 0.25) is 0 Å². The number of imidazole rings is 1. The third-order valence-electron chi connectivity index (χ3n) is 4.66. The number of nitrogens with one attached hydrogen (secondary N) is 3. The molecule has 12 heteroatoms. The fraction of sp³-hybridized carbons (Fsp3) is 0. The standard InChI is InChI=1S/C20H14N6O4S2/c27-19(28)11-1-3-12(4-2-11)26-32(29,30)14-6-8-15-17(10-14)23-20(22-15)21-13-5-7-16-18(9-13)25-31-24-16/h1-10,26H,(H,27,28)(H2,21,22,23). The highest BCUT2D eigenvalue weighted by atomic mass is 32.2. The molecule has 5 rings (SSSR count). The Morgan fingerprint density at radius 1 is 0.906 bits per heavy atom. The maximum absolute atomic E-state index is 12.8. The summed E-state index contributed by atoms with van der Waals surface area (Å²) in [6.45, 7) is 0. The van der Waals surface area contributed by atoms with Crippen molar-refractivity contribution in [3.63, 3.8) is 0 Å². The van der Waals surface area contributed by atoms with Crippen LogP contribution in [0.4, 0.5) is 17.3 Å². The summed E-state index contributed by atoms with van der Waals surface area (Å²) in [7, 11) is -3.89. The maximum atomic E-state index is 12.8. The highest BCUT2D eigenvalue weighted by Crippen LogP contribution is 2.24. The molecule has 0 spiro atoms. The molecule has 4 N–H and O–H groups in total. The highest BCUT2D eigenvalue weighted by Gasteiger charge is 2.16. The summed E-state index contributed by atoms with van der Waals surface area (Å²) in [5, 5.41) is 12.1. The molecule has 32 heavy (non-hydrogen) atoms. The summed E-state index contributed by atoms with van der Waals surface area (Å²) in [5.74, 6) is -0.633. The number of carboxylic acids is 1. The van der Waals surface area contributed by atoms with Gasteiger partial charge in [-0.2, -0.15) is 8.75 Å². The van der Waals surface area contributed by atoms with Gasteiger partial charge in [-0.05, 0) is 60.7 Å². The second-order valence-corrected chi connectivity index (χ2v) is 9.06. The largest absolute Gasteiger partial charge is 0.478 e. The zero-order valence-corrected chi connectivity index (χ0v) is 17.7. The Balaban J connectivity index is 1.39. The van der Waals surface area contributed by atoms with Crippen molar-refractivity contribution >= 4 is 67.1 Å². The molecule has 160 valence electrons. The maximum Gasteiger partial charge on any atom is 0.335 e. The lowest BCUT2D eigenvalue weighted by Crippen LogP contribution is -2.13. The first kappa shape index (κ1) is 19.9. The molecule has 0 atom stereocenters. The normalized spacial score (nSPS) is 11.6. The summed E-state index contributed by atoms with van der Waals surface area (Å²) in [4.78, 5) is 18.5. The van der Waals surface area contributed by atoms with Crippen molar-refractivity contribution in [1.29, 1.82) is 0 Å². The minimum absolute atomic E-state index is 0.0393. The Kier molecular flexibility index (Phi) is 4.72. The van der Waals surface area contributed by atoms with Gasteiger partial charge in [-0.15, -0.1) is 0 Å². The van der Waals surface area contributed by atoms with Crippen LogP contribution in [0, 0.1) is 0 Å². The first-order valence-corrected chi connectivity index (χ1v) is 11.4. The van der Waals surface area contributed by atoms with Crippen LogP contribution < -0.4 is 10.0 Å². The minimum atomic E-state index is -3.89. The van der Waals surface area contributed by atoms with Crippen LogP contribution in [0.5, 0.6) is 0 Å². The van der Waals surface area contributed by atoms with Gasteiger partial charge in [0.25, 0.3) is 10.0 Å². The number of aromatic carboxylic acids is 1. The lowest BCUT2D eigenvalue weighted by Gasteiger charge is -2.08. The van der Waals surface area contributed by atoms with Gasteiger partial charge in [0.05, 0.1) is 33.2 Å². The summed E-state index contributed by atoms with van der Waals surface area (Å²) < 4.78 is 36.4. The Hall–Kier alpha value is -4.03. The molecule has 0 aliphatic heterocycles. The van der Waals surface area contributed by atoms with Crippen LogP contribution in [0.25, 0.3) is 22.1 Å². The number of carbonyl (C=O) groups is 1. The molecule has 2 heterocycles. The van der Waals surface area contributed by atoms with Crippen LogP contribution in [-0.4, -0.2) is 38.2 Å². The quantitative estimate of drug-likeness (QED) is 0.295. The van der Waals surface area contributed by atoms with E-state index in [0.29, 0.717) is 17.0 Å². The molecule has 0 saturated carbocycles. The van der Waals surface area contributed by atoms with Gasteiger partial charge in [-0.1, -0.05) is 0 Å². The average molecular weight is 467 g/mol. The number of anilines is 3. The SMILES string of the molecule is O=C(O)c1ccc(NS(=O)(=O)c2ccc3nc(Nc4ccc5nsnc5c4)[nH]c3c2)cc1. The van der Waals surface area contributed by atoms with Gasteiger partial charge in [-0.25, -0.2) is 18.2 Å². The lowest BCUT2D eigenvalue weighted by molar-refractivity contribution is 0.0697. The zero-order chi connectivity index (χ0) is 22.3. The first-order chi connectivity index (χ1) is 15.4. The molecule has 0 saturated heterocycles. The Labute approximate surface area is 185 Å². The van der Waals surface area contributed by atoms with E-state index >= 15 is 0 Å². The minimum Gasteiger partial charge on any atom is -0.478 e. The summed E-state index contributed by atoms with van der Waals surface area (Å²) in [5.41, 5.74) is 3.80. The summed E-state index contributed by atoms with van der Waals surface area (Å²) in [6, 6.07) is 15.5. The third kappa shape index (κ3) is 3.84. The van der Waals surface area contributed by atoms with Gasteiger partial charge in [0.2, 0.25) is 5.95 Å². The van der Waals surface area contributed by atoms with Crippen molar-refractivity contribution in [2.75, 3.05) is 10.0 Å². The van der Waals surface area contributed by atoms with Gasteiger partial charge in [0, 0.05) is 11.4 Å². The number of fused-ring (bicyclic) bond motifs is 2. The van der Waals surface area contributed by atoms with Gasteiger partial charge in [-0.3, -0.25) is 4.72 Å². The average Bonchev–Trinajstić information content (AvgIpc) is 3.39. The van der Waals surface area contributed by atoms with E-state index in [1.807, 2.05) is 18.2 Å². The molecule has 0 aliphatic rings. The Morgan fingerprint density at radius 2 is 1.62 bits per heavy atom. The number of hydrogen-bond acceptors (Lipinski definition) is 8. The van der Waals surface area contributed by atoms with E-state index in [1.54, 1.807) is 6.07 Å². The second kappa shape index (κ2) is 7.59. The van der Waals surface area contributed by atoms with Crippen LogP contribution in [0.1, 0.15) is 10.4 Å². The monoisotopic (exact) mass is 466 g/mol. The predicted octanol–water partition coefficient (Wildman–Crippen LogP) is 3.81. The fourth-order valence-corrected chi connectivity index (χ4v) is 4.71. The number of benzene rings is 3. The number of carboxylic acid groups (broad SMARTS) is 1. The molecule has 3 aromatic carbocycles. The van der Waals surface area contributed by atoms with Crippen molar-refractivity contribution in [3.8, 4) is 0 Å². The molecular formula is C20H14N6O4S2. The van der Waals surface area contributed by atoms with E-state index in [9.17, 15) is 13.2 Å². The van der Waals surface area contributed by atoms with Crippen molar-refractivity contribution in [2.24, 2.45) is 0 Å². The molecule has 10 nitrogen and oxygen atoms in total. The number of nitrogens with zero attached hydrogens (tertiary/aromatic N) is 3. The molecule has 0 fully saturated rings. The van der Waals surface area contributed by atoms with E-state index in [2.05, 4.69) is 28.8 Å². The summed E-state index contributed by atoms with van der Waals surface area (Å²) in [6.07, 6.45) is 0. The zero-order valence-electron chi connectivity index (χ0n) is 16.1. The number of aromatic amines is 1. The molecule has 5 aromatic rings. The number of rotatable bonds is 6. The topological polar surface area (TPSA) is 150 Å². The Bertz CT molecular complexity index is 1580. The van der Waals surface area contributed by atoms with E-state index in [-0.39, 0.29) is 16.1 Å². The highest BCUT2D eigenvalue weighted by molar-refractivity contribution is 7.92. The van der Waals surface area contributed by atoms with Crippen LogP contribution >= 0.6 is 11.7 Å². The van der Waals surface area contributed by atoms with Gasteiger partial charge >= 0.3 is 5.97 Å². The van der Waals surface area contributed by atoms with E-state index in [4.69, 9.17) is 5.11 Å². The van der Waals surface area contributed by atoms with E-state index < -0.39 is 16.0 Å². The van der Waals surface area contributed by atoms with Gasteiger partial charge < -0.3 is 15.4 Å². The summed E-state index contributed by atoms with van der Waals surface area (Å²) >= 11 is 1.14. The van der Waals surface area contributed by atoms with Crippen LogP contribution in [0.15, 0.2) is 65.6 Å². The second-order valence-electron chi connectivity index (χ2n) is 6.85. The molecular weight excluding hydrogens is 452 g/mol. The van der Waals surface area contributed by atoms with Crippen LogP contribution in [0.3, 0.4) is 0 Å². The number of hydrogen-bond donors (Lipinski definition) is 4. The van der Waals surface area contributed by atoms with Crippen molar-refractivity contribution in [1.82, 2.24) is 18.7 Å². The van der Waals surface area contributed by atoms with Crippen molar-refractivity contribution < 1.29 is 18.3 Å². The molecule has 0 unspecified atom stereocenters. The molecule has 2 aromatic heterocycles. The van der Waals surface area contributed by atoms with E-state index in [1.165, 1.54) is 36.4 Å². The molecule has 0 amide bonds. The Morgan fingerprint density at radius 3 is 2.41 bits per heavy atom. The lowest BCUT2D eigenvalue weighted by atomic mass is 10.2. The number of aromatic nitrogens is 4. The van der Waals surface area contributed by atoms with Gasteiger partial charge in [0.1, 0.15) is 11.0 Å². The molecule has 0 radical (unpaired) electrons. The number of sulfonamides is 1. The fourth-order valence-electron chi connectivity index (χ4n) is 3.11. The molecule has 0 aliphatic carbocycles. The smallest absolute Gasteiger partial charge is 0.335 e. The van der Waals surface area contributed by atoms with E-state index in [0.717, 1.165) is 28.4 Å². The first-order valence-electron chi connectivity index (χ1n) is 9.23. The number of H-pyrrole nitrogens is 1. The van der Waals surface area contributed by atoms with Crippen molar-refractivity contribution in [3.05, 3.63) is 66.2 Å². The van der Waals surface area contributed by atoms with Crippen LogP contribution in [-0.2, 0) is 10.0 Å². The third-order valence-corrected chi connectivity index (χ3v) is 6.60.